The molecule has 0 atom stereocenters. The molecular formula is C10H12N4O3. The molecule has 1 aliphatic rings. The Morgan fingerprint density at radius 1 is 1.41 bits per heavy atom. The highest BCUT2D eigenvalue weighted by molar-refractivity contribution is 5.90. The van der Waals surface area contributed by atoms with E-state index in [-0.39, 0.29) is 18.3 Å². The lowest BCUT2D eigenvalue weighted by Crippen LogP contribution is -2.32. The summed E-state index contributed by atoms with van der Waals surface area (Å²) in [6, 6.07) is 3.22. The second-order valence-corrected chi connectivity index (χ2v) is 3.89. The maximum absolute atomic E-state index is 10.8. The number of anilines is 1. The largest absolute Gasteiger partial charge is 0.480 e. The second kappa shape index (κ2) is 4.36. The van der Waals surface area contributed by atoms with Crippen LogP contribution >= 0.6 is 0 Å². The van der Waals surface area contributed by atoms with Crippen molar-refractivity contribution in [1.82, 2.24) is 10.2 Å². The smallest absolute Gasteiger partial charge is 0.323 e. The highest BCUT2D eigenvalue weighted by Gasteiger charge is 2.31. The molecular weight excluding hydrogens is 224 g/mol. The predicted octanol–water partition coefficient (Wildman–Crippen LogP) is -0.371. The molecule has 0 aromatic carbocycles. The zero-order valence-corrected chi connectivity index (χ0v) is 9.04. The fourth-order valence-electron chi connectivity index (χ4n) is 1.54. The van der Waals surface area contributed by atoms with Crippen LogP contribution in [0.5, 0.6) is 0 Å². The minimum Gasteiger partial charge on any atom is -0.480 e. The third kappa shape index (κ3) is 2.68. The van der Waals surface area contributed by atoms with Crippen LogP contribution in [0.4, 0.5) is 5.82 Å². The summed E-state index contributed by atoms with van der Waals surface area (Å²) in [5.41, 5.74) is 5.11. The van der Waals surface area contributed by atoms with E-state index in [9.17, 15) is 9.59 Å². The number of nitrogens with two attached hydrogens (primary N) is 1. The Bertz CT molecular complexity index is 441. The molecule has 1 fully saturated rings. The lowest BCUT2D eigenvalue weighted by atomic mass is 10.3. The first-order valence-electron chi connectivity index (χ1n) is 5.20. The maximum atomic E-state index is 10.8. The number of hydrogen-bond acceptors (Lipinski definition) is 5. The molecule has 90 valence electrons. The van der Waals surface area contributed by atoms with Crippen LogP contribution in [0, 0.1) is 0 Å². The number of carboxylic acid groups (broad SMARTS) is 1. The molecule has 1 amide bonds. The van der Waals surface area contributed by atoms with Crippen LogP contribution < -0.4 is 10.6 Å². The van der Waals surface area contributed by atoms with Gasteiger partial charge in [-0.1, -0.05) is 0 Å². The third-order valence-electron chi connectivity index (χ3n) is 2.49. The maximum Gasteiger partial charge on any atom is 0.323 e. The van der Waals surface area contributed by atoms with Crippen molar-refractivity contribution in [1.29, 1.82) is 0 Å². The average molecular weight is 236 g/mol. The topological polar surface area (TPSA) is 109 Å². The molecule has 1 aromatic rings. The minimum absolute atomic E-state index is 0.0693. The van der Waals surface area contributed by atoms with E-state index in [0.29, 0.717) is 5.82 Å². The van der Waals surface area contributed by atoms with Crippen molar-refractivity contribution in [2.75, 3.05) is 11.4 Å². The summed E-state index contributed by atoms with van der Waals surface area (Å²) in [7, 11) is 0. The Labute approximate surface area is 97.2 Å². The van der Waals surface area contributed by atoms with E-state index in [1.165, 1.54) is 6.07 Å². The van der Waals surface area contributed by atoms with Crippen molar-refractivity contribution in [2.45, 2.75) is 18.9 Å². The Balaban J connectivity index is 2.18. The van der Waals surface area contributed by atoms with Crippen LogP contribution in [0.1, 0.15) is 23.3 Å². The van der Waals surface area contributed by atoms with Crippen molar-refractivity contribution in [3.63, 3.8) is 0 Å². The number of primary amides is 1. The summed E-state index contributed by atoms with van der Waals surface area (Å²) in [5.74, 6) is -1.11. The van der Waals surface area contributed by atoms with Crippen LogP contribution in [0.2, 0.25) is 0 Å². The van der Waals surface area contributed by atoms with Crippen LogP contribution in [0.15, 0.2) is 12.1 Å². The number of nitrogens with zero attached hydrogens (tertiary/aromatic N) is 3. The number of carbonyl (C=O) groups excluding carboxylic acids is 1. The van der Waals surface area contributed by atoms with Gasteiger partial charge < -0.3 is 15.7 Å². The van der Waals surface area contributed by atoms with E-state index in [1.807, 2.05) is 0 Å². The SMILES string of the molecule is NC(=O)c1ccc(N(CC(=O)O)C2CC2)nn1. The number of amides is 1. The van der Waals surface area contributed by atoms with Crippen LogP contribution in [0.25, 0.3) is 0 Å². The molecule has 3 N–H and O–H groups in total. The third-order valence-corrected chi connectivity index (χ3v) is 2.49. The lowest BCUT2D eigenvalue weighted by Gasteiger charge is -2.20. The van der Waals surface area contributed by atoms with Gasteiger partial charge in [0.15, 0.2) is 11.5 Å². The zero-order valence-electron chi connectivity index (χ0n) is 9.04. The molecule has 1 aliphatic carbocycles. The van der Waals surface area contributed by atoms with Gasteiger partial charge >= 0.3 is 5.97 Å². The van der Waals surface area contributed by atoms with Gasteiger partial charge in [0.1, 0.15) is 6.54 Å². The molecule has 0 unspecified atom stereocenters. The van der Waals surface area contributed by atoms with Crippen molar-refractivity contribution in [2.24, 2.45) is 5.73 Å². The van der Waals surface area contributed by atoms with Gasteiger partial charge in [-0.2, -0.15) is 0 Å². The molecule has 0 radical (unpaired) electrons. The summed E-state index contributed by atoms with van der Waals surface area (Å²) in [6.07, 6.45) is 1.90. The highest BCUT2D eigenvalue weighted by Crippen LogP contribution is 2.29. The molecule has 1 aromatic heterocycles. The van der Waals surface area contributed by atoms with E-state index < -0.39 is 11.9 Å². The molecule has 17 heavy (non-hydrogen) atoms. The summed E-state index contributed by atoms with van der Waals surface area (Å²) in [6.45, 7) is -0.116. The van der Waals surface area contributed by atoms with Crippen molar-refractivity contribution in [3.8, 4) is 0 Å². The molecule has 0 aliphatic heterocycles. The van der Waals surface area contributed by atoms with Crippen LogP contribution in [0.3, 0.4) is 0 Å². The quantitative estimate of drug-likeness (QED) is 0.721. The van der Waals surface area contributed by atoms with Gasteiger partial charge in [0, 0.05) is 6.04 Å². The molecule has 0 spiro atoms. The standard InChI is InChI=1S/C10H12N4O3/c11-10(17)7-3-4-8(13-12-7)14(5-9(15)16)6-1-2-6/h3-4,6H,1-2,5H2,(H2,11,17)(H,15,16). The first-order chi connectivity index (χ1) is 8.08. The summed E-state index contributed by atoms with van der Waals surface area (Å²) in [5, 5.41) is 16.3. The number of rotatable bonds is 5. The Morgan fingerprint density at radius 3 is 2.53 bits per heavy atom. The van der Waals surface area contributed by atoms with E-state index in [1.54, 1.807) is 11.0 Å². The minimum atomic E-state index is -0.919. The van der Waals surface area contributed by atoms with Gasteiger partial charge in [0.05, 0.1) is 0 Å². The van der Waals surface area contributed by atoms with Crippen molar-refractivity contribution < 1.29 is 14.7 Å². The normalized spacial score (nSPS) is 14.4. The van der Waals surface area contributed by atoms with E-state index >= 15 is 0 Å². The first kappa shape index (κ1) is 11.3. The highest BCUT2D eigenvalue weighted by atomic mass is 16.4. The molecule has 1 saturated carbocycles. The molecule has 1 heterocycles. The fraction of sp³-hybridized carbons (Fsp3) is 0.400. The molecule has 0 bridgehead atoms. The van der Waals surface area contributed by atoms with Gasteiger partial charge in [-0.3, -0.25) is 9.59 Å². The van der Waals surface area contributed by atoms with Crippen LogP contribution in [-0.2, 0) is 4.79 Å². The number of carbonyl (C=O) groups is 2. The lowest BCUT2D eigenvalue weighted by molar-refractivity contribution is -0.135. The first-order valence-corrected chi connectivity index (χ1v) is 5.20. The Kier molecular flexibility index (Phi) is 2.90. The number of carboxylic acids is 1. The second-order valence-electron chi connectivity index (χ2n) is 3.89. The fourth-order valence-corrected chi connectivity index (χ4v) is 1.54. The van der Waals surface area contributed by atoms with Crippen LogP contribution in [-0.4, -0.2) is 39.8 Å². The number of aliphatic carboxylic acids is 1. The monoisotopic (exact) mass is 236 g/mol. The van der Waals surface area contributed by atoms with E-state index in [0.717, 1.165) is 12.8 Å². The van der Waals surface area contributed by atoms with Gasteiger partial charge in [0.2, 0.25) is 0 Å². The van der Waals surface area contributed by atoms with Crippen molar-refractivity contribution >= 4 is 17.7 Å². The number of hydrogen-bond donors (Lipinski definition) is 2. The number of aromatic nitrogens is 2. The summed E-state index contributed by atoms with van der Waals surface area (Å²) in [4.78, 5) is 23.2. The van der Waals surface area contributed by atoms with E-state index in [2.05, 4.69) is 10.2 Å². The van der Waals surface area contributed by atoms with Gasteiger partial charge in [-0.05, 0) is 25.0 Å². The molecule has 7 nitrogen and oxygen atoms in total. The van der Waals surface area contributed by atoms with Gasteiger partial charge in [-0.15, -0.1) is 10.2 Å². The Morgan fingerprint density at radius 2 is 2.12 bits per heavy atom. The zero-order chi connectivity index (χ0) is 12.4. The Hall–Kier alpha value is -2.18. The average Bonchev–Trinajstić information content (AvgIpc) is 3.09. The van der Waals surface area contributed by atoms with E-state index in [4.69, 9.17) is 10.8 Å². The summed E-state index contributed by atoms with van der Waals surface area (Å²) < 4.78 is 0. The molecule has 0 saturated heterocycles. The van der Waals surface area contributed by atoms with Gasteiger partial charge in [0.25, 0.3) is 5.91 Å². The predicted molar refractivity (Wildman–Crippen MR) is 58.6 cm³/mol. The van der Waals surface area contributed by atoms with Crippen molar-refractivity contribution in [3.05, 3.63) is 17.8 Å². The van der Waals surface area contributed by atoms with Gasteiger partial charge in [-0.25, -0.2) is 0 Å². The summed E-state index contributed by atoms with van der Waals surface area (Å²) >= 11 is 0. The molecule has 2 rings (SSSR count). The molecule has 7 heteroatoms.